The molecule has 0 aliphatic heterocycles. The summed E-state index contributed by atoms with van der Waals surface area (Å²) in [6.07, 6.45) is 0.564. The molecule has 0 fully saturated rings. The number of rotatable bonds is 4. The summed E-state index contributed by atoms with van der Waals surface area (Å²) in [6.45, 7) is 1.92. The molecular formula is C13H13N5OS3. The normalized spacial score (nSPS) is 10.8. The van der Waals surface area contributed by atoms with E-state index in [0.717, 1.165) is 17.1 Å². The van der Waals surface area contributed by atoms with Gasteiger partial charge in [-0.3, -0.25) is 15.2 Å². The highest BCUT2D eigenvalue weighted by molar-refractivity contribution is 7.71. The van der Waals surface area contributed by atoms with E-state index >= 15 is 0 Å². The van der Waals surface area contributed by atoms with Gasteiger partial charge in [0.2, 0.25) is 0 Å². The van der Waals surface area contributed by atoms with E-state index in [9.17, 15) is 4.79 Å². The van der Waals surface area contributed by atoms with Crippen molar-refractivity contribution in [2.75, 3.05) is 5.32 Å². The van der Waals surface area contributed by atoms with Crippen molar-refractivity contribution in [3.63, 3.8) is 0 Å². The van der Waals surface area contributed by atoms with Crippen molar-refractivity contribution in [3.05, 3.63) is 43.6 Å². The summed E-state index contributed by atoms with van der Waals surface area (Å²) in [5.74, 6) is 0.689. The molecule has 3 aromatic rings. The Hall–Kier alpha value is -1.84. The van der Waals surface area contributed by atoms with Crippen LogP contribution >= 0.6 is 34.9 Å². The highest BCUT2D eigenvalue weighted by Gasteiger charge is 2.13. The highest BCUT2D eigenvalue weighted by atomic mass is 32.1. The molecule has 114 valence electrons. The standard InChI is InChI=1S/C13H13N5OS3/c1-7-3-4-21-10(7)11(19)15-12-14-8(6-22-12)5-9-16-17-13(20)18(9)2/h3-4,6H,5H2,1-2H3,(H,17,20)(H,14,15,19). The number of nitrogens with zero attached hydrogens (tertiary/aromatic N) is 3. The molecule has 0 atom stereocenters. The summed E-state index contributed by atoms with van der Waals surface area (Å²) < 4.78 is 2.38. The Balaban J connectivity index is 1.71. The summed E-state index contributed by atoms with van der Waals surface area (Å²) in [5, 5.41) is 14.1. The topological polar surface area (TPSA) is 75.6 Å². The van der Waals surface area contributed by atoms with Crippen molar-refractivity contribution < 1.29 is 4.79 Å². The van der Waals surface area contributed by atoms with Gasteiger partial charge in [0.05, 0.1) is 17.0 Å². The number of thiazole rings is 1. The lowest BCUT2D eigenvalue weighted by atomic mass is 10.3. The van der Waals surface area contributed by atoms with E-state index in [1.807, 2.05) is 35.4 Å². The largest absolute Gasteiger partial charge is 0.307 e. The lowest BCUT2D eigenvalue weighted by Gasteiger charge is -2.00. The van der Waals surface area contributed by atoms with Crippen LogP contribution in [0, 0.1) is 11.7 Å². The Morgan fingerprint density at radius 1 is 1.50 bits per heavy atom. The van der Waals surface area contributed by atoms with Crippen molar-refractivity contribution in [3.8, 4) is 0 Å². The number of aryl methyl sites for hydroxylation is 1. The Labute approximate surface area is 139 Å². The minimum atomic E-state index is -0.119. The molecule has 0 radical (unpaired) electrons. The number of aromatic amines is 1. The minimum absolute atomic E-state index is 0.119. The molecule has 0 aromatic carbocycles. The molecule has 0 spiro atoms. The van der Waals surface area contributed by atoms with Gasteiger partial charge in [-0.05, 0) is 36.2 Å². The average molecular weight is 351 g/mol. The van der Waals surface area contributed by atoms with E-state index in [-0.39, 0.29) is 5.91 Å². The summed E-state index contributed by atoms with van der Waals surface area (Å²) in [5.41, 5.74) is 1.82. The fourth-order valence-electron chi connectivity index (χ4n) is 1.90. The minimum Gasteiger partial charge on any atom is -0.307 e. The first-order valence-electron chi connectivity index (χ1n) is 6.44. The van der Waals surface area contributed by atoms with Crippen molar-refractivity contribution in [2.24, 2.45) is 7.05 Å². The van der Waals surface area contributed by atoms with Gasteiger partial charge in [0.15, 0.2) is 9.90 Å². The fourth-order valence-corrected chi connectivity index (χ4v) is 3.58. The Morgan fingerprint density at radius 2 is 2.32 bits per heavy atom. The second-order valence-corrected chi connectivity index (χ2v) is 6.87. The third-order valence-electron chi connectivity index (χ3n) is 3.15. The molecule has 0 bridgehead atoms. The number of carbonyl (C=O) groups excluding carboxylic acids is 1. The van der Waals surface area contributed by atoms with Crippen molar-refractivity contribution in [1.82, 2.24) is 19.7 Å². The first-order valence-corrected chi connectivity index (χ1v) is 8.61. The number of hydrogen-bond acceptors (Lipinski definition) is 6. The number of anilines is 1. The van der Waals surface area contributed by atoms with Crippen LogP contribution in [0.4, 0.5) is 5.13 Å². The maximum atomic E-state index is 12.2. The molecule has 0 saturated carbocycles. The molecule has 2 N–H and O–H groups in total. The number of amides is 1. The molecule has 0 aliphatic rings. The Bertz CT molecular complexity index is 872. The van der Waals surface area contributed by atoms with Crippen LogP contribution in [0.15, 0.2) is 16.8 Å². The van der Waals surface area contributed by atoms with Crippen LogP contribution < -0.4 is 5.32 Å². The number of H-pyrrole nitrogens is 1. The van der Waals surface area contributed by atoms with Gasteiger partial charge < -0.3 is 4.57 Å². The van der Waals surface area contributed by atoms with Crippen LogP contribution in [0.2, 0.25) is 0 Å². The van der Waals surface area contributed by atoms with Gasteiger partial charge in [0.1, 0.15) is 5.82 Å². The second kappa shape index (κ2) is 6.11. The van der Waals surface area contributed by atoms with E-state index in [1.54, 1.807) is 0 Å². The molecular weight excluding hydrogens is 338 g/mol. The molecule has 3 heterocycles. The lowest BCUT2D eigenvalue weighted by Crippen LogP contribution is -2.11. The summed E-state index contributed by atoms with van der Waals surface area (Å²) in [7, 11) is 1.86. The molecule has 0 unspecified atom stereocenters. The van der Waals surface area contributed by atoms with Crippen LogP contribution in [-0.4, -0.2) is 25.7 Å². The van der Waals surface area contributed by atoms with Gasteiger partial charge in [-0.15, -0.1) is 22.7 Å². The SMILES string of the molecule is Cc1ccsc1C(=O)Nc1nc(Cc2n[nH]c(=S)n2C)cs1. The van der Waals surface area contributed by atoms with Crippen LogP contribution in [0.1, 0.15) is 26.8 Å². The molecule has 3 aromatic heterocycles. The maximum absolute atomic E-state index is 12.2. The van der Waals surface area contributed by atoms with Crippen molar-refractivity contribution in [2.45, 2.75) is 13.3 Å². The summed E-state index contributed by atoms with van der Waals surface area (Å²) in [4.78, 5) is 17.3. The molecule has 1 amide bonds. The quantitative estimate of drug-likeness (QED) is 0.708. The molecule has 6 nitrogen and oxygen atoms in total. The van der Waals surface area contributed by atoms with Crippen LogP contribution in [0.3, 0.4) is 0 Å². The predicted molar refractivity (Wildman–Crippen MR) is 90.3 cm³/mol. The van der Waals surface area contributed by atoms with Gasteiger partial charge in [-0.2, -0.15) is 5.10 Å². The third kappa shape index (κ3) is 3.01. The second-order valence-electron chi connectivity index (χ2n) is 4.71. The number of nitrogens with one attached hydrogen (secondary N) is 2. The molecule has 22 heavy (non-hydrogen) atoms. The van der Waals surface area contributed by atoms with Crippen molar-refractivity contribution in [1.29, 1.82) is 0 Å². The van der Waals surface area contributed by atoms with Gasteiger partial charge in [0, 0.05) is 12.4 Å². The number of hydrogen-bond donors (Lipinski definition) is 2. The summed E-state index contributed by atoms with van der Waals surface area (Å²) >= 11 is 7.91. The van der Waals surface area contributed by atoms with Crippen molar-refractivity contribution >= 4 is 45.9 Å². The highest BCUT2D eigenvalue weighted by Crippen LogP contribution is 2.21. The van der Waals surface area contributed by atoms with Gasteiger partial charge in [-0.25, -0.2) is 4.98 Å². The first kappa shape index (κ1) is 15.1. The van der Waals surface area contributed by atoms with E-state index in [4.69, 9.17) is 12.2 Å². The molecule has 0 saturated heterocycles. The fraction of sp³-hybridized carbons (Fsp3) is 0.231. The van der Waals surface area contributed by atoms with Gasteiger partial charge in [-0.1, -0.05) is 0 Å². The molecule has 9 heteroatoms. The number of thiophene rings is 1. The predicted octanol–water partition coefficient (Wildman–Crippen LogP) is 3.15. The maximum Gasteiger partial charge on any atom is 0.267 e. The van der Waals surface area contributed by atoms with E-state index in [1.165, 1.54) is 22.7 Å². The smallest absolute Gasteiger partial charge is 0.267 e. The number of carbonyl (C=O) groups is 1. The zero-order chi connectivity index (χ0) is 15.7. The Kier molecular flexibility index (Phi) is 4.19. The lowest BCUT2D eigenvalue weighted by molar-refractivity contribution is 0.103. The van der Waals surface area contributed by atoms with Gasteiger partial charge >= 0.3 is 0 Å². The number of aromatic nitrogens is 4. The first-order chi connectivity index (χ1) is 10.5. The monoisotopic (exact) mass is 351 g/mol. The third-order valence-corrected chi connectivity index (χ3v) is 5.34. The van der Waals surface area contributed by atoms with E-state index < -0.39 is 0 Å². The summed E-state index contributed by atoms with van der Waals surface area (Å²) in [6, 6.07) is 1.93. The average Bonchev–Trinajstić information content (AvgIpc) is 3.17. The zero-order valence-electron chi connectivity index (χ0n) is 11.9. The van der Waals surface area contributed by atoms with E-state index in [0.29, 0.717) is 21.2 Å². The molecule has 0 aliphatic carbocycles. The van der Waals surface area contributed by atoms with Crippen LogP contribution in [0.5, 0.6) is 0 Å². The van der Waals surface area contributed by atoms with E-state index in [2.05, 4.69) is 20.5 Å². The van der Waals surface area contributed by atoms with Gasteiger partial charge in [0.25, 0.3) is 5.91 Å². The molecule has 3 rings (SSSR count). The van der Waals surface area contributed by atoms with Crippen LogP contribution in [-0.2, 0) is 13.5 Å². The van der Waals surface area contributed by atoms with Crippen LogP contribution in [0.25, 0.3) is 0 Å². The zero-order valence-corrected chi connectivity index (χ0v) is 14.4. The Morgan fingerprint density at radius 3 is 2.95 bits per heavy atom.